The largest absolute Gasteiger partial charge is 0.543 e. The molecule has 1 fully saturated rings. The lowest BCUT2D eigenvalue weighted by molar-refractivity contribution is -0.0365. The van der Waals surface area contributed by atoms with Gasteiger partial charge in [0.15, 0.2) is 6.23 Å². The molecule has 1 saturated heterocycles. The van der Waals surface area contributed by atoms with Gasteiger partial charge >= 0.3 is 0 Å². The average Bonchev–Trinajstić information content (AvgIpc) is 3.43. The van der Waals surface area contributed by atoms with E-state index in [2.05, 4.69) is 59.0 Å². The zero-order chi connectivity index (χ0) is 27.3. The molecule has 3 aromatic rings. The van der Waals surface area contributed by atoms with Crippen LogP contribution in [0.3, 0.4) is 0 Å². The van der Waals surface area contributed by atoms with Gasteiger partial charge in [0.2, 0.25) is 8.32 Å². The van der Waals surface area contributed by atoms with Crippen molar-refractivity contribution in [1.82, 2.24) is 19.3 Å². The van der Waals surface area contributed by atoms with Crippen LogP contribution in [0.1, 0.15) is 71.9 Å². The van der Waals surface area contributed by atoms with Gasteiger partial charge in [0.1, 0.15) is 29.6 Å². The molecule has 0 radical (unpaired) electrons. The molecule has 1 atom stereocenters. The second kappa shape index (κ2) is 12.3. The smallest absolute Gasteiger partial charge is 0.250 e. The van der Waals surface area contributed by atoms with Crippen molar-refractivity contribution in [3.05, 3.63) is 30.2 Å². The maximum Gasteiger partial charge on any atom is 0.250 e. The maximum atomic E-state index is 6.66. The van der Waals surface area contributed by atoms with E-state index < -0.39 is 8.32 Å². The summed E-state index contributed by atoms with van der Waals surface area (Å²) in [5, 5.41) is 6.22. The highest BCUT2D eigenvalue weighted by Gasteiger charge is 2.39. The highest BCUT2D eigenvalue weighted by atomic mass is 28.4. The molecular weight excluding hydrogens is 496 g/mol. The minimum absolute atomic E-state index is 0.0635. The Labute approximate surface area is 228 Å². The number of nitrogens with zero attached hydrogens (tertiary/aromatic N) is 4. The second-order valence-electron chi connectivity index (χ2n) is 11.8. The minimum atomic E-state index is -1.99. The maximum absolute atomic E-state index is 6.66. The Morgan fingerprint density at radius 1 is 1.11 bits per heavy atom. The molecule has 1 aliphatic rings. The van der Waals surface area contributed by atoms with Gasteiger partial charge in [-0.25, -0.2) is 9.67 Å². The molecule has 4 rings (SSSR count). The van der Waals surface area contributed by atoms with Crippen molar-refractivity contribution < 1.29 is 18.6 Å². The van der Waals surface area contributed by atoms with Gasteiger partial charge in [0.25, 0.3) is 0 Å². The topological polar surface area (TPSA) is 72.6 Å². The van der Waals surface area contributed by atoms with E-state index >= 15 is 0 Å². The number of hydrogen-bond donors (Lipinski definition) is 0. The van der Waals surface area contributed by atoms with Crippen molar-refractivity contribution in [2.75, 3.05) is 26.4 Å². The first kappa shape index (κ1) is 28.8. The van der Waals surface area contributed by atoms with Crippen molar-refractivity contribution >= 4 is 19.2 Å². The highest BCUT2D eigenvalue weighted by Crippen LogP contribution is 2.39. The summed E-state index contributed by atoms with van der Waals surface area (Å²) in [6, 6.07) is 6.33. The third-order valence-electron chi connectivity index (χ3n) is 7.75. The van der Waals surface area contributed by atoms with Gasteiger partial charge in [0, 0.05) is 31.8 Å². The fraction of sp³-hybridized carbons (Fsp3) is 0.655. The number of imidazole rings is 1. The molecule has 2 aromatic heterocycles. The molecule has 0 amide bonds. The van der Waals surface area contributed by atoms with E-state index in [0.29, 0.717) is 19.8 Å². The van der Waals surface area contributed by atoms with Gasteiger partial charge in [-0.3, -0.25) is 0 Å². The van der Waals surface area contributed by atoms with E-state index in [1.807, 2.05) is 22.5 Å². The fourth-order valence-corrected chi connectivity index (χ4v) is 5.36. The summed E-state index contributed by atoms with van der Waals surface area (Å²) in [6.45, 7) is 16.6. The Morgan fingerprint density at radius 2 is 1.89 bits per heavy atom. The Kier molecular flexibility index (Phi) is 9.34. The predicted molar refractivity (Wildman–Crippen MR) is 154 cm³/mol. The van der Waals surface area contributed by atoms with Crippen molar-refractivity contribution in [3.8, 4) is 17.1 Å². The van der Waals surface area contributed by atoms with Crippen LogP contribution in [-0.4, -0.2) is 54.1 Å². The first-order valence-electron chi connectivity index (χ1n) is 14.1. The molecule has 0 saturated carbocycles. The molecule has 8 nitrogen and oxygen atoms in total. The molecule has 0 bridgehead atoms. The van der Waals surface area contributed by atoms with E-state index in [1.54, 1.807) is 0 Å². The Bertz CT molecular complexity index is 1190. The minimum Gasteiger partial charge on any atom is -0.543 e. The van der Waals surface area contributed by atoms with Gasteiger partial charge in [-0.2, -0.15) is 5.10 Å². The summed E-state index contributed by atoms with van der Waals surface area (Å²) in [5.41, 5.74) is 2.72. The first-order valence-corrected chi connectivity index (χ1v) is 17.0. The van der Waals surface area contributed by atoms with Gasteiger partial charge in [-0.1, -0.05) is 34.1 Å². The van der Waals surface area contributed by atoms with Crippen LogP contribution in [0.15, 0.2) is 24.4 Å². The molecule has 0 aliphatic carbocycles. The third-order valence-corrected chi connectivity index (χ3v) is 12.1. The van der Waals surface area contributed by atoms with Crippen LogP contribution in [0.4, 0.5) is 0 Å². The summed E-state index contributed by atoms with van der Waals surface area (Å²) >= 11 is 0. The average molecular weight is 543 g/mol. The molecule has 0 unspecified atom stereocenters. The molecule has 1 aliphatic heterocycles. The van der Waals surface area contributed by atoms with Crippen LogP contribution in [-0.2, 0) is 27.9 Å². The van der Waals surface area contributed by atoms with Crippen LogP contribution in [0, 0.1) is 0 Å². The Balaban J connectivity index is 1.61. The Morgan fingerprint density at radius 3 is 2.61 bits per heavy atom. The van der Waals surface area contributed by atoms with E-state index in [0.717, 1.165) is 79.2 Å². The summed E-state index contributed by atoms with van der Waals surface area (Å²) in [5.74, 6) is 1.75. The molecule has 38 heavy (non-hydrogen) atoms. The molecule has 9 heteroatoms. The molecule has 210 valence electrons. The molecule has 0 spiro atoms. The van der Waals surface area contributed by atoms with Crippen molar-refractivity contribution in [2.45, 2.75) is 90.8 Å². The van der Waals surface area contributed by atoms with Crippen LogP contribution < -0.4 is 4.43 Å². The molecule has 0 N–H and O–H groups in total. The van der Waals surface area contributed by atoms with Gasteiger partial charge in [-0.15, -0.1) is 0 Å². The van der Waals surface area contributed by atoms with E-state index in [1.165, 1.54) is 0 Å². The first-order chi connectivity index (χ1) is 18.1. The van der Waals surface area contributed by atoms with E-state index in [4.69, 9.17) is 28.7 Å². The number of benzene rings is 1. The summed E-state index contributed by atoms with van der Waals surface area (Å²) in [6.07, 6.45) is 7.38. The number of fused-ring (bicyclic) bond motifs is 1. The van der Waals surface area contributed by atoms with Crippen LogP contribution in [0.5, 0.6) is 5.75 Å². The predicted octanol–water partition coefficient (Wildman–Crippen LogP) is 6.85. The summed E-state index contributed by atoms with van der Waals surface area (Å²) < 4.78 is 28.3. The lowest BCUT2D eigenvalue weighted by Crippen LogP contribution is -2.43. The Hall–Kier alpha value is -2.20. The van der Waals surface area contributed by atoms with Crippen LogP contribution in [0.25, 0.3) is 22.3 Å². The standard InChI is InChI=1S/C29H46N4O4Si/c1-8-9-15-34-17-18-35-21-26-30-24(20-32(26)5)28-23-19-22(37-38(6,7)29(2,3)4)13-14-25(23)33(31-28)27-12-10-11-16-36-27/h13-14,19-20,27H,8-12,15-18,21H2,1-7H3/t27-/m1/s1. The number of rotatable bonds is 12. The third kappa shape index (κ3) is 6.68. The second-order valence-corrected chi connectivity index (χ2v) is 16.6. The number of hydrogen-bond acceptors (Lipinski definition) is 6. The van der Waals surface area contributed by atoms with Crippen molar-refractivity contribution in [1.29, 1.82) is 0 Å². The van der Waals surface area contributed by atoms with Crippen molar-refractivity contribution in [2.24, 2.45) is 7.05 Å². The zero-order valence-corrected chi connectivity index (χ0v) is 25.4. The van der Waals surface area contributed by atoms with Gasteiger partial charge in [-0.05, 0) is 62.0 Å². The molecule has 3 heterocycles. The number of ether oxygens (including phenoxy) is 3. The number of unbranched alkanes of at least 4 members (excludes halogenated alkanes) is 1. The van der Waals surface area contributed by atoms with E-state index in [9.17, 15) is 0 Å². The number of aryl methyl sites for hydroxylation is 1. The van der Waals surface area contributed by atoms with Crippen LogP contribution in [0.2, 0.25) is 18.1 Å². The lowest BCUT2D eigenvalue weighted by atomic mass is 10.1. The van der Waals surface area contributed by atoms with Gasteiger partial charge in [0.05, 0.1) is 18.7 Å². The SMILES string of the molecule is CCCCOCCOCc1nc(-c2nn([C@H]3CCCCO3)c3ccc(O[Si](C)(C)C(C)(C)C)cc23)cn1C. The van der Waals surface area contributed by atoms with Gasteiger partial charge < -0.3 is 23.2 Å². The quantitative estimate of drug-likeness (QED) is 0.184. The van der Waals surface area contributed by atoms with Crippen molar-refractivity contribution in [3.63, 3.8) is 0 Å². The normalized spacial score (nSPS) is 16.9. The highest BCUT2D eigenvalue weighted by molar-refractivity contribution is 6.74. The van der Waals surface area contributed by atoms with Crippen LogP contribution >= 0.6 is 0 Å². The summed E-state index contributed by atoms with van der Waals surface area (Å²) in [4.78, 5) is 4.93. The van der Waals surface area contributed by atoms with E-state index in [-0.39, 0.29) is 11.3 Å². The zero-order valence-electron chi connectivity index (χ0n) is 24.4. The summed E-state index contributed by atoms with van der Waals surface area (Å²) in [7, 11) is 0.0143. The molecular formula is C29H46N4O4Si. The molecule has 1 aromatic carbocycles. The fourth-order valence-electron chi connectivity index (χ4n) is 4.34. The number of aromatic nitrogens is 4. The monoisotopic (exact) mass is 542 g/mol. The lowest BCUT2D eigenvalue weighted by Gasteiger charge is -2.36.